The number of anilines is 1. The van der Waals surface area contributed by atoms with Gasteiger partial charge in [-0.05, 0) is 43.2 Å². The minimum atomic E-state index is -0.486. The first kappa shape index (κ1) is 26.9. The Morgan fingerprint density at radius 3 is 2.78 bits per heavy atom. The van der Waals surface area contributed by atoms with Crippen LogP contribution in [-0.2, 0) is 11.3 Å². The average molecular weight is 577 g/mol. The number of halogens is 2. The van der Waals surface area contributed by atoms with Gasteiger partial charge in [-0.2, -0.15) is 0 Å². The number of nitrogens with zero attached hydrogens (tertiary/aromatic N) is 7. The first-order valence-corrected chi connectivity index (χ1v) is 14.1. The summed E-state index contributed by atoms with van der Waals surface area (Å²) in [4.78, 5) is 39.4. The molecule has 2 amide bonds. The van der Waals surface area contributed by atoms with Crippen molar-refractivity contribution in [2.24, 2.45) is 0 Å². The van der Waals surface area contributed by atoms with Gasteiger partial charge in [-0.1, -0.05) is 29.0 Å². The molecule has 1 saturated heterocycles. The van der Waals surface area contributed by atoms with Crippen molar-refractivity contribution < 1.29 is 14.0 Å². The van der Waals surface area contributed by atoms with Crippen LogP contribution in [-0.4, -0.2) is 85.3 Å². The zero-order valence-corrected chi connectivity index (χ0v) is 23.4. The number of rotatable bonds is 6. The monoisotopic (exact) mass is 576 g/mol. The average Bonchev–Trinajstić information content (AvgIpc) is 3.69. The number of aromatic amines is 1. The topological polar surface area (TPSA) is 103 Å². The highest BCUT2D eigenvalue weighted by molar-refractivity contribution is 6.36. The second-order valence-electron chi connectivity index (χ2n) is 10.4. The van der Waals surface area contributed by atoms with E-state index >= 15 is 4.39 Å². The summed E-state index contributed by atoms with van der Waals surface area (Å²) in [5.74, 6) is 0.155. The molecule has 1 unspecified atom stereocenters. The number of fused-ring (bicyclic) bond motifs is 1. The van der Waals surface area contributed by atoms with E-state index in [4.69, 9.17) is 11.6 Å². The summed E-state index contributed by atoms with van der Waals surface area (Å²) in [6, 6.07) is 9.07. The molecule has 1 atom stereocenters. The Morgan fingerprint density at radius 1 is 1.15 bits per heavy atom. The van der Waals surface area contributed by atoms with Gasteiger partial charge in [0, 0.05) is 68.5 Å². The standard InChI is InChI=1S/C29H30ClFN8O2/c1-19-17-37(13-14-39(19)25-6-2-3-8-32-25)29(41)24-16-22-23(30)15-21(27(31)28(22)34-24)20-5-4-10-36(18-20)26(40)7-11-38-12-9-33-35-38/h2-3,5-6,8-9,12,15-16,19,34H,4,7,10-11,13-14,17-18H2,1H3. The lowest BCUT2D eigenvalue weighted by Gasteiger charge is -2.40. The Labute approximate surface area is 241 Å². The highest BCUT2D eigenvalue weighted by Crippen LogP contribution is 2.34. The lowest BCUT2D eigenvalue weighted by atomic mass is 9.99. The molecule has 0 bridgehead atoms. The minimum absolute atomic E-state index is 0.0381. The third-order valence-corrected chi connectivity index (χ3v) is 8.08. The third-order valence-electron chi connectivity index (χ3n) is 7.77. The van der Waals surface area contributed by atoms with E-state index in [0.717, 1.165) is 5.82 Å². The van der Waals surface area contributed by atoms with E-state index in [1.54, 1.807) is 45.2 Å². The van der Waals surface area contributed by atoms with Crippen LogP contribution in [0.1, 0.15) is 35.8 Å². The quantitative estimate of drug-likeness (QED) is 0.372. The van der Waals surface area contributed by atoms with E-state index in [0.29, 0.717) is 66.4 Å². The molecule has 2 aliphatic heterocycles. The van der Waals surface area contributed by atoms with Crippen LogP contribution in [0.5, 0.6) is 0 Å². The molecular weight excluding hydrogens is 547 g/mol. The van der Waals surface area contributed by atoms with Crippen molar-refractivity contribution in [2.45, 2.75) is 32.4 Å². The molecule has 0 saturated carbocycles. The molecule has 4 aromatic rings. The molecule has 212 valence electrons. The maximum atomic E-state index is 15.9. The largest absolute Gasteiger partial charge is 0.350 e. The second kappa shape index (κ2) is 11.3. The van der Waals surface area contributed by atoms with Gasteiger partial charge < -0.3 is 19.7 Å². The summed E-state index contributed by atoms with van der Waals surface area (Å²) in [6.45, 7) is 5.00. The Balaban J connectivity index is 1.18. The van der Waals surface area contributed by atoms with Crippen LogP contribution in [0, 0.1) is 5.82 Å². The summed E-state index contributed by atoms with van der Waals surface area (Å²) in [7, 11) is 0. The smallest absolute Gasteiger partial charge is 0.270 e. The van der Waals surface area contributed by atoms with E-state index < -0.39 is 5.82 Å². The van der Waals surface area contributed by atoms with Crippen molar-refractivity contribution in [3.8, 4) is 0 Å². The van der Waals surface area contributed by atoms with Crippen LogP contribution >= 0.6 is 11.6 Å². The van der Waals surface area contributed by atoms with Crippen LogP contribution in [0.2, 0.25) is 5.02 Å². The predicted molar refractivity (Wildman–Crippen MR) is 154 cm³/mol. The number of pyridine rings is 1. The van der Waals surface area contributed by atoms with Crippen molar-refractivity contribution in [1.82, 2.24) is 34.8 Å². The zero-order chi connectivity index (χ0) is 28.5. The third kappa shape index (κ3) is 5.41. The van der Waals surface area contributed by atoms with Crippen molar-refractivity contribution in [1.29, 1.82) is 0 Å². The molecule has 1 fully saturated rings. The van der Waals surface area contributed by atoms with Gasteiger partial charge in [0.25, 0.3) is 5.91 Å². The van der Waals surface area contributed by atoms with E-state index in [-0.39, 0.29) is 36.3 Å². The van der Waals surface area contributed by atoms with Crippen molar-refractivity contribution >= 4 is 45.7 Å². The van der Waals surface area contributed by atoms with Gasteiger partial charge in [-0.3, -0.25) is 14.3 Å². The van der Waals surface area contributed by atoms with Crippen molar-refractivity contribution in [2.75, 3.05) is 37.6 Å². The van der Waals surface area contributed by atoms with Crippen molar-refractivity contribution in [3.63, 3.8) is 0 Å². The van der Waals surface area contributed by atoms with Crippen LogP contribution in [0.25, 0.3) is 16.5 Å². The first-order chi connectivity index (χ1) is 19.9. The lowest BCUT2D eigenvalue weighted by Crippen LogP contribution is -2.54. The van der Waals surface area contributed by atoms with Crippen LogP contribution in [0.3, 0.4) is 0 Å². The van der Waals surface area contributed by atoms with Gasteiger partial charge in [0.2, 0.25) is 5.91 Å². The second-order valence-corrected chi connectivity index (χ2v) is 10.8. The molecule has 6 rings (SSSR count). The maximum absolute atomic E-state index is 15.9. The number of hydrogen-bond donors (Lipinski definition) is 1. The fourth-order valence-corrected chi connectivity index (χ4v) is 5.87. The lowest BCUT2D eigenvalue weighted by molar-refractivity contribution is -0.131. The number of carbonyl (C=O) groups excluding carboxylic acids is 2. The van der Waals surface area contributed by atoms with Gasteiger partial charge in [-0.25, -0.2) is 9.37 Å². The fraction of sp³-hybridized carbons (Fsp3) is 0.345. The highest BCUT2D eigenvalue weighted by atomic mass is 35.5. The van der Waals surface area contributed by atoms with E-state index in [1.807, 2.05) is 24.3 Å². The molecule has 3 aromatic heterocycles. The highest BCUT2D eigenvalue weighted by Gasteiger charge is 2.30. The normalized spacial score (nSPS) is 17.7. The molecule has 0 radical (unpaired) electrons. The molecule has 2 aliphatic rings. The Bertz CT molecular complexity index is 1600. The van der Waals surface area contributed by atoms with E-state index in [2.05, 4.69) is 32.1 Å². The number of hydrogen-bond acceptors (Lipinski definition) is 6. The molecular formula is C29H30ClFN8O2. The summed E-state index contributed by atoms with van der Waals surface area (Å²) >= 11 is 6.62. The number of amides is 2. The molecule has 41 heavy (non-hydrogen) atoms. The molecule has 1 aromatic carbocycles. The summed E-state index contributed by atoms with van der Waals surface area (Å²) in [5.41, 5.74) is 1.49. The first-order valence-electron chi connectivity index (χ1n) is 13.7. The SMILES string of the molecule is CC1CN(C(=O)c2cc3c(Cl)cc(C4=CCCN(C(=O)CCn5ccnn5)C4)c(F)c3[nH]2)CCN1c1ccccn1. The van der Waals surface area contributed by atoms with E-state index in [9.17, 15) is 9.59 Å². The summed E-state index contributed by atoms with van der Waals surface area (Å²) in [6.07, 6.45) is 7.86. The number of aromatic nitrogens is 5. The number of piperazine rings is 1. The van der Waals surface area contributed by atoms with Gasteiger partial charge >= 0.3 is 0 Å². The fourth-order valence-electron chi connectivity index (χ4n) is 5.62. The van der Waals surface area contributed by atoms with Crippen LogP contribution < -0.4 is 4.90 Å². The van der Waals surface area contributed by atoms with Gasteiger partial charge in [0.1, 0.15) is 11.5 Å². The van der Waals surface area contributed by atoms with Gasteiger partial charge in [0.05, 0.1) is 23.3 Å². The minimum Gasteiger partial charge on any atom is -0.350 e. The Hall–Kier alpha value is -4.25. The molecule has 10 nitrogen and oxygen atoms in total. The number of nitrogens with one attached hydrogen (secondary N) is 1. The number of aryl methyl sites for hydroxylation is 1. The maximum Gasteiger partial charge on any atom is 0.270 e. The number of benzene rings is 1. The molecule has 1 N–H and O–H groups in total. The van der Waals surface area contributed by atoms with Crippen LogP contribution in [0.15, 0.2) is 55.0 Å². The Morgan fingerprint density at radius 2 is 2.02 bits per heavy atom. The molecule has 5 heterocycles. The van der Waals surface area contributed by atoms with E-state index in [1.165, 1.54) is 0 Å². The summed E-state index contributed by atoms with van der Waals surface area (Å²) < 4.78 is 17.5. The zero-order valence-electron chi connectivity index (χ0n) is 22.6. The Kier molecular flexibility index (Phi) is 7.44. The molecule has 12 heteroatoms. The van der Waals surface area contributed by atoms with Crippen molar-refractivity contribution in [3.05, 3.63) is 77.1 Å². The number of H-pyrrole nitrogens is 1. The van der Waals surface area contributed by atoms with Gasteiger partial charge in [-0.15, -0.1) is 5.10 Å². The number of carbonyl (C=O) groups is 2. The molecule has 0 spiro atoms. The molecule has 0 aliphatic carbocycles. The van der Waals surface area contributed by atoms with Gasteiger partial charge in [0.15, 0.2) is 5.82 Å². The predicted octanol–water partition coefficient (Wildman–Crippen LogP) is 4.00. The van der Waals surface area contributed by atoms with Crippen LogP contribution in [0.4, 0.5) is 10.2 Å². The summed E-state index contributed by atoms with van der Waals surface area (Å²) in [5, 5.41) is 8.45.